The predicted molar refractivity (Wildman–Crippen MR) is 82.5 cm³/mol. The van der Waals surface area contributed by atoms with E-state index in [1.807, 2.05) is 13.8 Å². The molecule has 0 fully saturated rings. The van der Waals surface area contributed by atoms with Crippen LogP contribution in [0.4, 0.5) is 5.69 Å². The van der Waals surface area contributed by atoms with E-state index in [1.54, 1.807) is 13.3 Å². The van der Waals surface area contributed by atoms with Gasteiger partial charge in [0.1, 0.15) is 5.02 Å². The minimum absolute atomic E-state index is 0.0830. The molecule has 1 atom stereocenters. The van der Waals surface area contributed by atoms with Gasteiger partial charge in [-0.05, 0) is 11.8 Å². The Morgan fingerprint density at radius 3 is 2.55 bits per heavy atom. The number of ether oxygens (including phenoxy) is 1. The summed E-state index contributed by atoms with van der Waals surface area (Å²) in [4.78, 5) is 12.1. The molecule has 0 aliphatic carbocycles. The fraction of sp³-hybridized carbons (Fsp3) is 0.714. The van der Waals surface area contributed by atoms with Gasteiger partial charge in [0.2, 0.25) is 0 Å². The minimum atomic E-state index is -0.259. The summed E-state index contributed by atoms with van der Waals surface area (Å²) in [5, 5.41) is 7.59. The van der Waals surface area contributed by atoms with Crippen LogP contribution in [-0.2, 0) is 11.3 Å². The van der Waals surface area contributed by atoms with Crippen molar-refractivity contribution >= 4 is 17.3 Å². The molecule has 0 aliphatic heterocycles. The molecule has 1 N–H and O–H groups in total. The van der Waals surface area contributed by atoms with Crippen LogP contribution in [0.25, 0.3) is 0 Å². The van der Waals surface area contributed by atoms with E-state index >= 15 is 0 Å². The van der Waals surface area contributed by atoms with Gasteiger partial charge in [0.05, 0.1) is 24.5 Å². The lowest BCUT2D eigenvalue weighted by atomic mass is 10.1. The average molecular weight is 302 g/mol. The Morgan fingerprint density at radius 1 is 1.40 bits per heavy atom. The number of nitrogens with one attached hydrogen (secondary N) is 1. The number of rotatable bonds is 7. The predicted octanol–water partition coefficient (Wildman–Crippen LogP) is 2.64. The van der Waals surface area contributed by atoms with Gasteiger partial charge < -0.3 is 10.1 Å². The first-order chi connectivity index (χ1) is 9.36. The van der Waals surface area contributed by atoms with Gasteiger partial charge in [0.15, 0.2) is 0 Å². The lowest BCUT2D eigenvalue weighted by Gasteiger charge is -2.23. The van der Waals surface area contributed by atoms with Gasteiger partial charge in [0, 0.05) is 13.7 Å². The molecule has 114 valence electrons. The first-order valence-electron chi connectivity index (χ1n) is 6.87. The molecule has 0 saturated heterocycles. The van der Waals surface area contributed by atoms with E-state index in [4.69, 9.17) is 16.3 Å². The molecule has 20 heavy (non-hydrogen) atoms. The fourth-order valence-electron chi connectivity index (χ4n) is 1.82. The molecule has 0 bridgehead atoms. The topological polar surface area (TPSA) is 56.1 Å². The van der Waals surface area contributed by atoms with Gasteiger partial charge in [-0.2, -0.15) is 5.10 Å². The molecule has 1 aromatic heterocycles. The van der Waals surface area contributed by atoms with Gasteiger partial charge in [-0.15, -0.1) is 0 Å². The van der Waals surface area contributed by atoms with E-state index in [2.05, 4.69) is 24.3 Å². The van der Waals surface area contributed by atoms with Crippen molar-refractivity contribution < 1.29 is 4.74 Å². The monoisotopic (exact) mass is 301 g/mol. The number of nitrogens with zero attached hydrogens (tertiary/aromatic N) is 2. The summed E-state index contributed by atoms with van der Waals surface area (Å²) < 4.78 is 6.58. The highest BCUT2D eigenvalue weighted by Crippen LogP contribution is 2.19. The van der Waals surface area contributed by atoms with Crippen molar-refractivity contribution in [2.75, 3.05) is 19.0 Å². The van der Waals surface area contributed by atoms with E-state index in [0.29, 0.717) is 30.7 Å². The summed E-state index contributed by atoms with van der Waals surface area (Å²) in [6.45, 7) is 9.33. The Kier molecular flexibility index (Phi) is 6.49. The summed E-state index contributed by atoms with van der Waals surface area (Å²) in [5.74, 6) is 0.691. The number of anilines is 1. The third-order valence-corrected chi connectivity index (χ3v) is 3.38. The quantitative estimate of drug-likeness (QED) is 0.841. The van der Waals surface area contributed by atoms with Crippen LogP contribution in [-0.4, -0.2) is 29.5 Å². The Labute approximate surface area is 125 Å². The number of halogens is 1. The zero-order valence-corrected chi connectivity index (χ0v) is 13.6. The maximum Gasteiger partial charge on any atom is 0.287 e. The van der Waals surface area contributed by atoms with Crippen LogP contribution < -0.4 is 10.9 Å². The maximum atomic E-state index is 12.1. The van der Waals surface area contributed by atoms with Gasteiger partial charge in [-0.1, -0.05) is 39.3 Å². The summed E-state index contributed by atoms with van der Waals surface area (Å²) in [7, 11) is 1.65. The second-order valence-corrected chi connectivity index (χ2v) is 6.08. The van der Waals surface area contributed by atoms with Crippen molar-refractivity contribution in [1.82, 2.24) is 9.78 Å². The molecule has 1 rings (SSSR count). The summed E-state index contributed by atoms with van der Waals surface area (Å²) >= 11 is 6.15. The fourth-order valence-corrected chi connectivity index (χ4v) is 2.02. The van der Waals surface area contributed by atoms with Crippen molar-refractivity contribution in [2.24, 2.45) is 11.8 Å². The number of aromatic nitrogens is 2. The van der Waals surface area contributed by atoms with E-state index in [1.165, 1.54) is 4.68 Å². The SMILES string of the molecule is COCC(Nc1cnn(CC(C)C)c(=O)c1Cl)C(C)C. The number of hydrogen-bond donors (Lipinski definition) is 1. The highest BCUT2D eigenvalue weighted by atomic mass is 35.5. The van der Waals surface area contributed by atoms with Crippen LogP contribution in [0.5, 0.6) is 0 Å². The number of hydrogen-bond acceptors (Lipinski definition) is 4. The third kappa shape index (κ3) is 4.49. The van der Waals surface area contributed by atoms with Crippen LogP contribution in [0.15, 0.2) is 11.0 Å². The standard InChI is InChI=1S/C14H24ClN3O2/c1-9(2)7-18-14(19)13(15)11(6-16-18)17-12(8-20-5)10(3)4/h6,9-10,12,17H,7-8H2,1-5H3. The molecule has 0 radical (unpaired) electrons. The first kappa shape index (κ1) is 17.0. The Hall–Kier alpha value is -1.07. The summed E-state index contributed by atoms with van der Waals surface area (Å²) in [6, 6.07) is 0.0830. The molecule has 5 nitrogen and oxygen atoms in total. The molecular weight excluding hydrogens is 278 g/mol. The smallest absolute Gasteiger partial charge is 0.287 e. The molecule has 1 aromatic rings. The molecule has 0 aliphatic rings. The summed E-state index contributed by atoms with van der Waals surface area (Å²) in [5.41, 5.74) is 0.303. The maximum absolute atomic E-state index is 12.1. The Balaban J connectivity index is 2.97. The largest absolute Gasteiger partial charge is 0.383 e. The van der Waals surface area contributed by atoms with Crippen molar-refractivity contribution in [1.29, 1.82) is 0 Å². The van der Waals surface area contributed by atoms with Gasteiger partial charge in [-0.25, -0.2) is 4.68 Å². The van der Waals surface area contributed by atoms with Crippen LogP contribution in [0, 0.1) is 11.8 Å². The summed E-state index contributed by atoms with van der Waals surface area (Å²) in [6.07, 6.45) is 1.61. The van der Waals surface area contributed by atoms with Crippen molar-refractivity contribution in [3.63, 3.8) is 0 Å². The lowest BCUT2D eigenvalue weighted by molar-refractivity contribution is 0.171. The zero-order valence-electron chi connectivity index (χ0n) is 12.8. The highest BCUT2D eigenvalue weighted by molar-refractivity contribution is 6.32. The van der Waals surface area contributed by atoms with E-state index in [-0.39, 0.29) is 16.6 Å². The van der Waals surface area contributed by atoms with Crippen molar-refractivity contribution in [3.8, 4) is 0 Å². The van der Waals surface area contributed by atoms with E-state index < -0.39 is 0 Å². The van der Waals surface area contributed by atoms with E-state index in [9.17, 15) is 4.79 Å². The van der Waals surface area contributed by atoms with Crippen LogP contribution in [0.3, 0.4) is 0 Å². The van der Waals surface area contributed by atoms with E-state index in [0.717, 1.165) is 0 Å². The minimum Gasteiger partial charge on any atom is -0.383 e. The second-order valence-electron chi connectivity index (χ2n) is 5.70. The van der Waals surface area contributed by atoms with Crippen molar-refractivity contribution in [2.45, 2.75) is 40.3 Å². The van der Waals surface area contributed by atoms with Crippen LogP contribution in [0.2, 0.25) is 5.02 Å². The highest BCUT2D eigenvalue weighted by Gasteiger charge is 2.17. The normalized spacial score (nSPS) is 13.0. The van der Waals surface area contributed by atoms with Gasteiger partial charge in [0.25, 0.3) is 5.56 Å². The first-order valence-corrected chi connectivity index (χ1v) is 7.25. The Morgan fingerprint density at radius 2 is 2.05 bits per heavy atom. The molecule has 6 heteroatoms. The molecule has 1 unspecified atom stereocenters. The molecule has 1 heterocycles. The number of methoxy groups -OCH3 is 1. The zero-order chi connectivity index (χ0) is 15.3. The van der Waals surface area contributed by atoms with Crippen LogP contribution >= 0.6 is 11.6 Å². The second kappa shape index (κ2) is 7.64. The van der Waals surface area contributed by atoms with Gasteiger partial charge >= 0.3 is 0 Å². The molecule has 0 saturated carbocycles. The Bertz CT molecular complexity index is 486. The lowest BCUT2D eigenvalue weighted by Crippen LogP contribution is -2.32. The molecule has 0 amide bonds. The molecule has 0 spiro atoms. The van der Waals surface area contributed by atoms with Crippen LogP contribution in [0.1, 0.15) is 27.7 Å². The van der Waals surface area contributed by atoms with Gasteiger partial charge in [-0.3, -0.25) is 4.79 Å². The van der Waals surface area contributed by atoms with Crippen molar-refractivity contribution in [3.05, 3.63) is 21.6 Å². The average Bonchev–Trinajstić information content (AvgIpc) is 2.36. The molecular formula is C14H24ClN3O2. The third-order valence-electron chi connectivity index (χ3n) is 3.01. The molecule has 0 aromatic carbocycles.